The van der Waals surface area contributed by atoms with Crippen LogP contribution in [-0.2, 0) is 20.7 Å². The van der Waals surface area contributed by atoms with E-state index in [1.54, 1.807) is 27.7 Å². The maximum atomic E-state index is 13.7. The fourth-order valence-electron chi connectivity index (χ4n) is 4.15. The molecule has 0 saturated heterocycles. The molecule has 0 spiro atoms. The molecule has 3 aromatic rings. The van der Waals surface area contributed by atoms with Crippen molar-refractivity contribution in [1.82, 2.24) is 10.2 Å². The van der Waals surface area contributed by atoms with Crippen molar-refractivity contribution in [3.8, 4) is 0 Å². The SMILES string of the molecule is CCc1ccc(C(C(=O)Nc2ccc3ccccc3c2)N(CC)C(=O)C(C)NC(=O)OC(C)(C)C)cc1. The van der Waals surface area contributed by atoms with Crippen LogP contribution in [0.15, 0.2) is 66.7 Å². The van der Waals surface area contributed by atoms with E-state index in [0.29, 0.717) is 11.3 Å². The van der Waals surface area contributed by atoms with Crippen LogP contribution >= 0.6 is 0 Å². The van der Waals surface area contributed by atoms with E-state index in [4.69, 9.17) is 4.74 Å². The van der Waals surface area contributed by atoms with Crippen molar-refractivity contribution < 1.29 is 19.1 Å². The summed E-state index contributed by atoms with van der Waals surface area (Å²) in [6.45, 7) is 11.0. The summed E-state index contributed by atoms with van der Waals surface area (Å²) in [5.41, 5.74) is 1.77. The monoisotopic (exact) mass is 503 g/mol. The number of carbonyl (C=O) groups excluding carboxylic acids is 3. The van der Waals surface area contributed by atoms with E-state index in [2.05, 4.69) is 17.6 Å². The Bertz CT molecular complexity index is 1250. The molecule has 0 heterocycles. The maximum absolute atomic E-state index is 13.7. The first-order valence-electron chi connectivity index (χ1n) is 12.7. The van der Waals surface area contributed by atoms with Crippen LogP contribution in [0.3, 0.4) is 0 Å². The normalized spacial score (nSPS) is 12.9. The second kappa shape index (κ2) is 11.9. The topological polar surface area (TPSA) is 87.7 Å². The standard InChI is InChI=1S/C30H37N3O4/c1-7-21-13-15-23(16-14-21)26(27(34)32-25-18-17-22-11-9-10-12-24(22)19-25)33(8-2)28(35)20(3)31-29(36)37-30(4,5)6/h9-20,26H,7-8H2,1-6H3,(H,31,36)(H,32,34). The van der Waals surface area contributed by atoms with Gasteiger partial charge in [-0.3, -0.25) is 9.59 Å². The molecule has 3 amide bonds. The molecule has 3 rings (SSSR count). The molecule has 0 bridgehead atoms. The van der Waals surface area contributed by atoms with Gasteiger partial charge in [-0.05, 0) is 75.1 Å². The Kier molecular flexibility index (Phi) is 8.92. The zero-order chi connectivity index (χ0) is 27.2. The number of benzene rings is 3. The second-order valence-corrected chi connectivity index (χ2v) is 10.0. The number of carbonyl (C=O) groups is 3. The van der Waals surface area contributed by atoms with E-state index in [1.165, 1.54) is 4.90 Å². The minimum absolute atomic E-state index is 0.268. The minimum Gasteiger partial charge on any atom is -0.444 e. The van der Waals surface area contributed by atoms with Crippen LogP contribution in [0.5, 0.6) is 0 Å². The third-order valence-corrected chi connectivity index (χ3v) is 6.01. The molecule has 2 unspecified atom stereocenters. The van der Waals surface area contributed by atoms with Crippen LogP contribution in [-0.4, -0.2) is 41.0 Å². The molecule has 0 aromatic heterocycles. The maximum Gasteiger partial charge on any atom is 0.408 e. The summed E-state index contributed by atoms with van der Waals surface area (Å²) in [4.78, 5) is 41.0. The van der Waals surface area contributed by atoms with Crippen LogP contribution in [0.2, 0.25) is 0 Å². The van der Waals surface area contributed by atoms with E-state index < -0.39 is 23.8 Å². The van der Waals surface area contributed by atoms with Gasteiger partial charge in [0.2, 0.25) is 5.91 Å². The Morgan fingerprint density at radius 3 is 2.16 bits per heavy atom. The fraction of sp³-hybridized carbons (Fsp3) is 0.367. The van der Waals surface area contributed by atoms with Gasteiger partial charge in [0.1, 0.15) is 17.7 Å². The predicted molar refractivity (Wildman–Crippen MR) is 147 cm³/mol. The number of anilines is 1. The molecule has 7 heteroatoms. The van der Waals surface area contributed by atoms with Gasteiger partial charge < -0.3 is 20.3 Å². The Morgan fingerprint density at radius 2 is 1.57 bits per heavy atom. The molecule has 196 valence electrons. The molecule has 7 nitrogen and oxygen atoms in total. The van der Waals surface area contributed by atoms with E-state index in [-0.39, 0.29) is 18.4 Å². The fourth-order valence-corrected chi connectivity index (χ4v) is 4.15. The van der Waals surface area contributed by atoms with Crippen LogP contribution in [0.25, 0.3) is 10.8 Å². The minimum atomic E-state index is -0.891. The number of nitrogens with one attached hydrogen (secondary N) is 2. The number of amides is 3. The summed E-state index contributed by atoms with van der Waals surface area (Å²) >= 11 is 0. The third kappa shape index (κ3) is 7.32. The van der Waals surface area contributed by atoms with Gasteiger partial charge in [-0.15, -0.1) is 0 Å². The Morgan fingerprint density at radius 1 is 0.919 bits per heavy atom. The molecule has 2 atom stereocenters. The number of alkyl carbamates (subject to hydrolysis) is 1. The average molecular weight is 504 g/mol. The first kappa shape index (κ1) is 27.7. The lowest BCUT2D eigenvalue weighted by Crippen LogP contribution is -2.51. The lowest BCUT2D eigenvalue weighted by molar-refractivity contribution is -0.140. The molecule has 0 aliphatic rings. The van der Waals surface area contributed by atoms with Crippen molar-refractivity contribution in [2.45, 2.75) is 65.6 Å². The quantitative estimate of drug-likeness (QED) is 0.404. The molecular weight excluding hydrogens is 466 g/mol. The Balaban J connectivity index is 1.90. The number of ether oxygens (including phenoxy) is 1. The van der Waals surface area contributed by atoms with Crippen molar-refractivity contribution >= 4 is 34.4 Å². The highest BCUT2D eigenvalue weighted by Crippen LogP contribution is 2.26. The van der Waals surface area contributed by atoms with Crippen LogP contribution in [0.1, 0.15) is 58.7 Å². The highest BCUT2D eigenvalue weighted by molar-refractivity contribution is 6.00. The average Bonchev–Trinajstić information content (AvgIpc) is 2.85. The van der Waals surface area contributed by atoms with Gasteiger partial charge in [-0.1, -0.05) is 61.5 Å². The molecule has 37 heavy (non-hydrogen) atoms. The lowest BCUT2D eigenvalue weighted by Gasteiger charge is -2.33. The van der Waals surface area contributed by atoms with Crippen molar-refractivity contribution in [3.63, 3.8) is 0 Å². The van der Waals surface area contributed by atoms with Gasteiger partial charge in [0.15, 0.2) is 0 Å². The number of hydrogen-bond acceptors (Lipinski definition) is 4. The van der Waals surface area contributed by atoms with Crippen molar-refractivity contribution in [3.05, 3.63) is 77.9 Å². The highest BCUT2D eigenvalue weighted by Gasteiger charge is 2.34. The summed E-state index contributed by atoms with van der Waals surface area (Å²) < 4.78 is 5.30. The number of aryl methyl sites for hydroxylation is 1. The molecule has 2 N–H and O–H groups in total. The van der Waals surface area contributed by atoms with Crippen molar-refractivity contribution in [2.75, 3.05) is 11.9 Å². The van der Waals surface area contributed by atoms with Crippen LogP contribution < -0.4 is 10.6 Å². The first-order valence-corrected chi connectivity index (χ1v) is 12.7. The van der Waals surface area contributed by atoms with Crippen LogP contribution in [0, 0.1) is 0 Å². The molecule has 0 radical (unpaired) electrons. The zero-order valence-corrected chi connectivity index (χ0v) is 22.5. The predicted octanol–water partition coefficient (Wildman–Crippen LogP) is 5.84. The Hall–Kier alpha value is -3.87. The number of nitrogens with zero attached hydrogens (tertiary/aromatic N) is 1. The van der Waals surface area contributed by atoms with E-state index in [1.807, 2.05) is 73.7 Å². The zero-order valence-electron chi connectivity index (χ0n) is 22.5. The third-order valence-electron chi connectivity index (χ3n) is 6.01. The molecular formula is C30H37N3O4. The summed E-state index contributed by atoms with van der Waals surface area (Å²) in [5, 5.41) is 7.67. The van der Waals surface area contributed by atoms with E-state index in [0.717, 1.165) is 22.8 Å². The second-order valence-electron chi connectivity index (χ2n) is 10.0. The molecule has 0 fully saturated rings. The summed E-state index contributed by atoms with van der Waals surface area (Å²) in [6.07, 6.45) is 0.176. The smallest absolute Gasteiger partial charge is 0.408 e. The van der Waals surface area contributed by atoms with Crippen molar-refractivity contribution in [1.29, 1.82) is 0 Å². The molecule has 0 aliphatic carbocycles. The lowest BCUT2D eigenvalue weighted by atomic mass is 10.0. The van der Waals surface area contributed by atoms with Gasteiger partial charge in [-0.2, -0.15) is 0 Å². The van der Waals surface area contributed by atoms with Gasteiger partial charge >= 0.3 is 6.09 Å². The summed E-state index contributed by atoms with van der Waals surface area (Å²) in [7, 11) is 0. The first-order chi connectivity index (χ1) is 17.5. The van der Waals surface area contributed by atoms with Gasteiger partial charge in [-0.25, -0.2) is 4.79 Å². The van der Waals surface area contributed by atoms with Gasteiger partial charge in [0.05, 0.1) is 0 Å². The Labute approximate surface area is 219 Å². The molecule has 0 saturated carbocycles. The summed E-state index contributed by atoms with van der Waals surface area (Å²) in [6, 6.07) is 19.5. The number of likely N-dealkylation sites (N-methyl/N-ethyl adjacent to an activating group) is 1. The highest BCUT2D eigenvalue weighted by atomic mass is 16.6. The molecule has 0 aliphatic heterocycles. The van der Waals surface area contributed by atoms with E-state index in [9.17, 15) is 14.4 Å². The molecule has 3 aromatic carbocycles. The van der Waals surface area contributed by atoms with Crippen molar-refractivity contribution in [2.24, 2.45) is 0 Å². The number of rotatable bonds is 8. The largest absolute Gasteiger partial charge is 0.444 e. The van der Waals surface area contributed by atoms with Crippen LogP contribution in [0.4, 0.5) is 10.5 Å². The number of fused-ring (bicyclic) bond motifs is 1. The van der Waals surface area contributed by atoms with Gasteiger partial charge in [0, 0.05) is 12.2 Å². The van der Waals surface area contributed by atoms with Gasteiger partial charge in [0.25, 0.3) is 5.91 Å². The van der Waals surface area contributed by atoms with E-state index >= 15 is 0 Å². The number of hydrogen-bond donors (Lipinski definition) is 2. The summed E-state index contributed by atoms with van der Waals surface area (Å²) in [5.74, 6) is -0.717.